The van der Waals surface area contributed by atoms with Gasteiger partial charge in [0.15, 0.2) is 11.5 Å². The molecule has 0 bridgehead atoms. The Kier molecular flexibility index (Phi) is 7.36. The number of hydrogen-bond acceptors (Lipinski definition) is 6. The second kappa shape index (κ2) is 10.6. The van der Waals surface area contributed by atoms with Crippen molar-refractivity contribution in [2.24, 2.45) is 0 Å². The molecule has 2 aromatic carbocycles. The lowest BCUT2D eigenvalue weighted by Crippen LogP contribution is -2.39. The Labute approximate surface area is 255 Å². The van der Waals surface area contributed by atoms with E-state index in [1.165, 1.54) is 6.07 Å². The van der Waals surface area contributed by atoms with Crippen LogP contribution in [0.1, 0.15) is 56.1 Å². The molecule has 0 radical (unpaired) electrons. The number of aliphatic carboxylic acids is 2. The number of ketones is 1. The number of likely N-dealkylation sites (N-methyl/N-ethyl adjacent to an activating group) is 1. The fourth-order valence-electron chi connectivity index (χ4n) is 6.55. The minimum atomic E-state index is -1.33. The van der Waals surface area contributed by atoms with Crippen LogP contribution in [0.25, 0.3) is 0 Å². The van der Waals surface area contributed by atoms with Crippen LogP contribution in [-0.2, 0) is 25.2 Å². The molecular weight excluding hydrogens is 562 g/mol. The number of rotatable bonds is 8. The summed E-state index contributed by atoms with van der Waals surface area (Å²) in [6, 6.07) is 12.9. The highest BCUT2D eigenvalue weighted by atomic mass is 16.4. The Morgan fingerprint density at radius 1 is 0.955 bits per heavy atom. The third kappa shape index (κ3) is 4.70. The van der Waals surface area contributed by atoms with E-state index in [-0.39, 0.29) is 33.7 Å². The summed E-state index contributed by atoms with van der Waals surface area (Å²) in [6.45, 7) is 9.19. The average Bonchev–Trinajstić information content (AvgIpc) is 3.30. The molecule has 0 spiro atoms. The molecule has 0 saturated carbocycles. The summed E-state index contributed by atoms with van der Waals surface area (Å²) in [5.74, 6) is -4.03. The SMILES string of the molecule is CCN1/C(=C\C2=C([O-])C(=CC3=[N+](C)c4ccc(C(=O)N(CC(=O)O)CC(=O)O)cc4C3(C)C)C2=O)C(C)(C)c2ccccc21. The van der Waals surface area contributed by atoms with Crippen molar-refractivity contribution in [3.05, 3.63) is 93.9 Å². The maximum atomic E-state index is 13.4. The number of carboxylic acid groups (broad SMARTS) is 2. The first-order valence-electron chi connectivity index (χ1n) is 14.4. The third-order valence-electron chi connectivity index (χ3n) is 8.88. The minimum Gasteiger partial charge on any atom is -0.871 e. The van der Waals surface area contributed by atoms with Gasteiger partial charge in [-0.15, -0.1) is 0 Å². The van der Waals surface area contributed by atoms with Crippen molar-refractivity contribution in [1.82, 2.24) is 4.90 Å². The summed E-state index contributed by atoms with van der Waals surface area (Å²) in [4.78, 5) is 52.0. The number of fused-ring (bicyclic) bond motifs is 2. The molecule has 0 aromatic heterocycles. The van der Waals surface area contributed by atoms with Crippen LogP contribution in [0, 0.1) is 0 Å². The highest BCUT2D eigenvalue weighted by Crippen LogP contribution is 2.49. The van der Waals surface area contributed by atoms with Crippen LogP contribution in [0.2, 0.25) is 0 Å². The molecule has 0 fully saturated rings. The Balaban J connectivity index is 1.48. The van der Waals surface area contributed by atoms with Crippen LogP contribution in [0.4, 0.5) is 11.4 Å². The van der Waals surface area contributed by atoms with Gasteiger partial charge in [0.05, 0.1) is 5.41 Å². The van der Waals surface area contributed by atoms with E-state index in [9.17, 15) is 34.5 Å². The summed E-state index contributed by atoms with van der Waals surface area (Å²) in [5, 5.41) is 31.8. The molecule has 10 nitrogen and oxygen atoms in total. The van der Waals surface area contributed by atoms with Gasteiger partial charge in [0.1, 0.15) is 20.1 Å². The van der Waals surface area contributed by atoms with Crippen molar-refractivity contribution >= 4 is 40.7 Å². The number of nitrogens with zero attached hydrogens (tertiary/aromatic N) is 3. The lowest BCUT2D eigenvalue weighted by molar-refractivity contribution is -0.401. The molecular formula is C34H35N3O7. The van der Waals surface area contributed by atoms with E-state index in [1.54, 1.807) is 31.3 Å². The zero-order chi connectivity index (χ0) is 32.3. The molecule has 0 atom stereocenters. The molecule has 2 aliphatic heterocycles. The van der Waals surface area contributed by atoms with Gasteiger partial charge in [-0.25, -0.2) is 0 Å². The summed E-state index contributed by atoms with van der Waals surface area (Å²) < 4.78 is 1.86. The van der Waals surface area contributed by atoms with Crippen LogP contribution in [0.5, 0.6) is 0 Å². The molecule has 2 heterocycles. The van der Waals surface area contributed by atoms with Gasteiger partial charge in [0.2, 0.25) is 5.69 Å². The van der Waals surface area contributed by atoms with Crippen molar-refractivity contribution in [3.63, 3.8) is 0 Å². The summed E-state index contributed by atoms with van der Waals surface area (Å²) >= 11 is 0. The monoisotopic (exact) mass is 597 g/mol. The van der Waals surface area contributed by atoms with E-state index in [2.05, 4.69) is 24.8 Å². The number of carboxylic acids is 2. The van der Waals surface area contributed by atoms with Gasteiger partial charge < -0.3 is 25.1 Å². The normalized spacial score (nSPS) is 19.8. The topological polar surface area (TPSA) is 141 Å². The van der Waals surface area contributed by atoms with Crippen LogP contribution >= 0.6 is 0 Å². The smallest absolute Gasteiger partial charge is 0.323 e. The molecule has 0 saturated heterocycles. The van der Waals surface area contributed by atoms with Crippen LogP contribution in [-0.4, -0.2) is 75.7 Å². The molecule has 0 unspecified atom stereocenters. The third-order valence-corrected chi connectivity index (χ3v) is 8.88. The summed E-state index contributed by atoms with van der Waals surface area (Å²) in [7, 11) is 1.81. The van der Waals surface area contributed by atoms with Gasteiger partial charge in [0.25, 0.3) is 5.91 Å². The Bertz CT molecular complexity index is 1760. The minimum absolute atomic E-state index is 0.0846. The second-order valence-corrected chi connectivity index (χ2v) is 12.3. The molecule has 1 aliphatic carbocycles. The molecule has 3 aliphatic rings. The van der Waals surface area contributed by atoms with Gasteiger partial charge >= 0.3 is 11.9 Å². The van der Waals surface area contributed by atoms with Crippen LogP contribution < -0.4 is 10.0 Å². The van der Waals surface area contributed by atoms with Crippen molar-refractivity contribution in [2.75, 3.05) is 31.6 Å². The number of hydrogen-bond donors (Lipinski definition) is 2. The van der Waals surface area contributed by atoms with Crippen LogP contribution in [0.15, 0.2) is 77.2 Å². The maximum Gasteiger partial charge on any atom is 0.323 e. The fourth-order valence-corrected chi connectivity index (χ4v) is 6.55. The average molecular weight is 598 g/mol. The first-order chi connectivity index (χ1) is 20.6. The van der Waals surface area contributed by atoms with E-state index in [4.69, 9.17) is 0 Å². The van der Waals surface area contributed by atoms with E-state index in [0.717, 1.165) is 33.1 Å². The van der Waals surface area contributed by atoms with Gasteiger partial charge in [-0.1, -0.05) is 37.8 Å². The van der Waals surface area contributed by atoms with E-state index in [1.807, 2.05) is 43.5 Å². The molecule has 228 valence electrons. The number of benzene rings is 2. The number of allylic oxidation sites excluding steroid dienone is 5. The van der Waals surface area contributed by atoms with Gasteiger partial charge in [-0.3, -0.25) is 19.2 Å². The Morgan fingerprint density at radius 3 is 2.18 bits per heavy atom. The Hall–Kier alpha value is -4.99. The largest absolute Gasteiger partial charge is 0.871 e. The molecule has 2 aromatic rings. The van der Waals surface area contributed by atoms with Gasteiger partial charge in [-0.2, -0.15) is 4.58 Å². The standard InChI is InChI=1S/C34H35N3O7/c1-7-37-25-11-9-8-10-22(25)33(2,3)27(37)16-21-30(42)20(31(21)43)15-26-34(4,5)23-14-19(12-13-24(23)35(26)6)32(44)36(17-28(38)39)18-29(40)41/h8-16H,7,17-18H2,1-6H3,(H2-,38,39,40,41,42,43). The number of anilines is 1. The van der Waals surface area contributed by atoms with Crippen LogP contribution in [0.3, 0.4) is 0 Å². The summed E-state index contributed by atoms with van der Waals surface area (Å²) in [6.07, 6.45) is 3.34. The quantitative estimate of drug-likeness (QED) is 0.349. The highest BCUT2D eigenvalue weighted by molar-refractivity contribution is 6.24. The fraction of sp³-hybridized carbons (Fsp3) is 0.324. The Morgan fingerprint density at radius 2 is 1.59 bits per heavy atom. The first-order valence-corrected chi connectivity index (χ1v) is 14.4. The van der Waals surface area contributed by atoms with Crippen molar-refractivity contribution < 1.29 is 39.1 Å². The van der Waals surface area contributed by atoms with Gasteiger partial charge in [0, 0.05) is 57.8 Å². The van der Waals surface area contributed by atoms with Gasteiger partial charge in [-0.05, 0) is 50.6 Å². The zero-order valence-electron chi connectivity index (χ0n) is 25.6. The summed E-state index contributed by atoms with van der Waals surface area (Å²) in [5.41, 5.74) is 4.49. The molecule has 2 N–H and O–H groups in total. The molecule has 5 rings (SSSR count). The van der Waals surface area contributed by atoms with Crippen molar-refractivity contribution in [3.8, 4) is 0 Å². The van der Waals surface area contributed by atoms with E-state index < -0.39 is 36.4 Å². The lowest BCUT2D eigenvalue weighted by atomic mass is 9.77. The highest BCUT2D eigenvalue weighted by Gasteiger charge is 2.45. The predicted octanol–water partition coefficient (Wildman–Crippen LogP) is 3.13. The first kappa shape index (κ1) is 30.5. The molecule has 1 amide bonds. The van der Waals surface area contributed by atoms with E-state index >= 15 is 0 Å². The van der Waals surface area contributed by atoms with Crippen molar-refractivity contribution in [1.29, 1.82) is 0 Å². The number of Topliss-reactive ketones (excluding diaryl/α,β-unsaturated/α-hetero) is 1. The maximum absolute atomic E-state index is 13.4. The van der Waals surface area contributed by atoms with Crippen molar-refractivity contribution in [2.45, 2.75) is 45.4 Å². The van der Waals surface area contributed by atoms with E-state index in [0.29, 0.717) is 12.3 Å². The predicted molar refractivity (Wildman–Crippen MR) is 162 cm³/mol. The molecule has 10 heteroatoms. The molecule has 44 heavy (non-hydrogen) atoms. The lowest BCUT2D eigenvalue weighted by Gasteiger charge is -2.32. The number of carbonyl (C=O) groups is 4. The second-order valence-electron chi connectivity index (χ2n) is 12.3. The number of amides is 1. The zero-order valence-corrected chi connectivity index (χ0v) is 25.6. The number of carbonyl (C=O) groups excluding carboxylic acids is 2. The number of para-hydroxylation sites is 1.